The minimum absolute atomic E-state index is 0.275. The summed E-state index contributed by atoms with van der Waals surface area (Å²) in [7, 11) is 0. The normalized spacial score (nSPS) is 19.6. The molecule has 41 heavy (non-hydrogen) atoms. The maximum absolute atomic E-state index is 9.18. The van der Waals surface area contributed by atoms with E-state index in [1.54, 1.807) is 6.20 Å². The summed E-state index contributed by atoms with van der Waals surface area (Å²) >= 11 is 0. The lowest BCUT2D eigenvalue weighted by molar-refractivity contribution is 0.108. The Morgan fingerprint density at radius 2 is 1.63 bits per heavy atom. The van der Waals surface area contributed by atoms with Gasteiger partial charge in [-0.2, -0.15) is 5.26 Å². The number of pyridine rings is 2. The van der Waals surface area contributed by atoms with E-state index in [0.717, 1.165) is 71.3 Å². The summed E-state index contributed by atoms with van der Waals surface area (Å²) in [6, 6.07) is 29.4. The van der Waals surface area contributed by atoms with E-state index in [4.69, 9.17) is 15.7 Å². The van der Waals surface area contributed by atoms with Crippen molar-refractivity contribution in [1.82, 2.24) is 24.4 Å². The molecule has 1 aliphatic heterocycles. The monoisotopic (exact) mass is 539 g/mol. The molecule has 2 aliphatic rings. The van der Waals surface area contributed by atoms with Crippen LogP contribution in [-0.4, -0.2) is 44.1 Å². The van der Waals surface area contributed by atoms with E-state index >= 15 is 0 Å². The minimum Gasteiger partial charge on any atom is -0.383 e. The number of anilines is 1. The van der Waals surface area contributed by atoms with Gasteiger partial charge in [0, 0.05) is 48.9 Å². The molecule has 7 heteroatoms. The number of hydrogen-bond acceptors (Lipinski definition) is 6. The van der Waals surface area contributed by atoms with E-state index in [0.29, 0.717) is 11.7 Å². The second kappa shape index (κ2) is 10.8. The molecule has 4 heterocycles. The van der Waals surface area contributed by atoms with Gasteiger partial charge in [0.2, 0.25) is 0 Å². The molecule has 1 saturated heterocycles. The molecule has 1 saturated carbocycles. The van der Waals surface area contributed by atoms with Crippen LogP contribution in [0.3, 0.4) is 0 Å². The standard InChI is InChI=1S/C34H33N7/c35-19-23-8-10-24(11-9-23)20-40-21-27(22-40)25-12-14-28(15-13-25)41-33(29-7-4-18-37-32(29)36)39-31-17-16-30(38-34(31)41)26-5-2-1-3-6-26/h1-7,12-18,23-24,27H,8-11,20-22H2,(H2,36,37). The minimum atomic E-state index is 0.275. The number of benzene rings is 2. The highest BCUT2D eigenvalue weighted by molar-refractivity contribution is 5.84. The highest BCUT2D eigenvalue weighted by Crippen LogP contribution is 2.35. The van der Waals surface area contributed by atoms with E-state index in [2.05, 4.69) is 56.9 Å². The first kappa shape index (κ1) is 25.4. The van der Waals surface area contributed by atoms with E-state index in [-0.39, 0.29) is 5.92 Å². The van der Waals surface area contributed by atoms with Crippen LogP contribution in [0.5, 0.6) is 0 Å². The van der Waals surface area contributed by atoms with Crippen LogP contribution in [0.2, 0.25) is 0 Å². The summed E-state index contributed by atoms with van der Waals surface area (Å²) < 4.78 is 2.10. The number of likely N-dealkylation sites (tertiary alicyclic amines) is 1. The number of aromatic nitrogens is 4. The summed E-state index contributed by atoms with van der Waals surface area (Å²) in [5.74, 6) is 2.74. The molecule has 1 aliphatic carbocycles. The van der Waals surface area contributed by atoms with Gasteiger partial charge in [0.15, 0.2) is 11.5 Å². The van der Waals surface area contributed by atoms with Crippen molar-refractivity contribution in [3.8, 4) is 34.4 Å². The first-order valence-electron chi connectivity index (χ1n) is 14.5. The van der Waals surface area contributed by atoms with Crippen molar-refractivity contribution in [2.75, 3.05) is 25.4 Å². The molecule has 7 rings (SSSR count). The van der Waals surface area contributed by atoms with Gasteiger partial charge in [0.1, 0.15) is 11.3 Å². The zero-order valence-corrected chi connectivity index (χ0v) is 23.0. The predicted octanol–water partition coefficient (Wildman–Crippen LogP) is 6.46. The molecule has 3 aromatic heterocycles. The lowest BCUT2D eigenvalue weighted by Gasteiger charge is -2.42. The zero-order chi connectivity index (χ0) is 27.8. The average Bonchev–Trinajstić information content (AvgIpc) is 3.38. The smallest absolute Gasteiger partial charge is 0.165 e. The molecular formula is C34H33N7. The Kier molecular flexibility index (Phi) is 6.69. The van der Waals surface area contributed by atoms with Crippen molar-refractivity contribution in [2.24, 2.45) is 11.8 Å². The summed E-state index contributed by atoms with van der Waals surface area (Å²) in [6.45, 7) is 3.37. The maximum atomic E-state index is 9.18. The number of nitrogens with two attached hydrogens (primary N) is 1. The molecule has 0 atom stereocenters. The van der Waals surface area contributed by atoms with Crippen LogP contribution in [0.4, 0.5) is 5.82 Å². The summed E-state index contributed by atoms with van der Waals surface area (Å²) in [5, 5.41) is 9.18. The van der Waals surface area contributed by atoms with Gasteiger partial charge in [-0.3, -0.25) is 4.57 Å². The molecule has 7 nitrogen and oxygen atoms in total. The molecule has 0 unspecified atom stereocenters. The van der Waals surface area contributed by atoms with E-state index in [1.165, 1.54) is 24.9 Å². The van der Waals surface area contributed by atoms with Gasteiger partial charge in [-0.1, -0.05) is 42.5 Å². The van der Waals surface area contributed by atoms with Gasteiger partial charge in [-0.05, 0) is 73.6 Å². The van der Waals surface area contributed by atoms with E-state index in [1.807, 2.05) is 42.5 Å². The summed E-state index contributed by atoms with van der Waals surface area (Å²) in [5.41, 5.74) is 13.0. The Hall–Kier alpha value is -4.54. The van der Waals surface area contributed by atoms with Crippen LogP contribution >= 0.6 is 0 Å². The highest BCUT2D eigenvalue weighted by atomic mass is 15.2. The van der Waals surface area contributed by atoms with E-state index < -0.39 is 0 Å². The molecule has 204 valence electrons. The Bertz CT molecular complexity index is 1700. The SMILES string of the molecule is N#CC1CCC(CN2CC(c3ccc(-n4c(-c5cccnc5N)nc5ccc(-c6ccccc6)nc54)cc3)C2)CC1. The second-order valence-electron chi connectivity index (χ2n) is 11.5. The summed E-state index contributed by atoms with van der Waals surface area (Å²) in [6.07, 6.45) is 6.22. The third-order valence-electron chi connectivity index (χ3n) is 8.78. The molecule has 2 fully saturated rings. The van der Waals surface area contributed by atoms with Crippen molar-refractivity contribution in [2.45, 2.75) is 31.6 Å². The molecule has 2 N–H and O–H groups in total. The zero-order valence-electron chi connectivity index (χ0n) is 23.0. The molecular weight excluding hydrogens is 506 g/mol. The molecule has 0 spiro atoms. The van der Waals surface area contributed by atoms with Crippen LogP contribution in [-0.2, 0) is 0 Å². The Morgan fingerprint density at radius 1 is 0.854 bits per heavy atom. The number of nitrogens with zero attached hydrogens (tertiary/aromatic N) is 6. The van der Waals surface area contributed by atoms with Gasteiger partial charge < -0.3 is 10.6 Å². The number of rotatable bonds is 6. The van der Waals surface area contributed by atoms with Crippen LogP contribution in [0, 0.1) is 23.2 Å². The lowest BCUT2D eigenvalue weighted by atomic mass is 9.81. The molecule has 5 aromatic rings. The largest absolute Gasteiger partial charge is 0.383 e. The molecule has 0 radical (unpaired) electrons. The molecule has 0 bridgehead atoms. The second-order valence-corrected chi connectivity index (χ2v) is 11.5. The third kappa shape index (κ3) is 4.96. The number of fused-ring (bicyclic) bond motifs is 1. The first-order chi connectivity index (χ1) is 20.2. The number of nitrogen functional groups attached to an aromatic ring is 1. The molecule has 0 amide bonds. The average molecular weight is 540 g/mol. The Labute approximate surface area is 240 Å². The van der Waals surface area contributed by atoms with Crippen molar-refractivity contribution >= 4 is 17.0 Å². The van der Waals surface area contributed by atoms with Gasteiger partial charge in [0.25, 0.3) is 0 Å². The van der Waals surface area contributed by atoms with Crippen molar-refractivity contribution < 1.29 is 0 Å². The van der Waals surface area contributed by atoms with Crippen LogP contribution in [0.1, 0.15) is 37.2 Å². The molecule has 2 aromatic carbocycles. The van der Waals surface area contributed by atoms with E-state index in [9.17, 15) is 5.26 Å². The van der Waals surface area contributed by atoms with Gasteiger partial charge in [-0.25, -0.2) is 15.0 Å². The first-order valence-corrected chi connectivity index (χ1v) is 14.5. The predicted molar refractivity (Wildman–Crippen MR) is 162 cm³/mol. The van der Waals surface area contributed by atoms with Crippen molar-refractivity contribution in [3.05, 3.63) is 90.6 Å². The quantitative estimate of drug-likeness (QED) is 0.266. The van der Waals surface area contributed by atoms with Gasteiger partial charge in [-0.15, -0.1) is 0 Å². The van der Waals surface area contributed by atoms with Crippen LogP contribution in [0.25, 0.3) is 39.5 Å². The Morgan fingerprint density at radius 3 is 2.37 bits per heavy atom. The third-order valence-corrected chi connectivity index (χ3v) is 8.78. The van der Waals surface area contributed by atoms with Gasteiger partial charge in [0.05, 0.1) is 17.3 Å². The van der Waals surface area contributed by atoms with Crippen LogP contribution < -0.4 is 5.73 Å². The lowest BCUT2D eigenvalue weighted by Crippen LogP contribution is -2.47. The van der Waals surface area contributed by atoms with Gasteiger partial charge >= 0.3 is 0 Å². The summed E-state index contributed by atoms with van der Waals surface area (Å²) in [4.78, 5) is 16.9. The topological polar surface area (TPSA) is 96.7 Å². The van der Waals surface area contributed by atoms with Crippen LogP contribution in [0.15, 0.2) is 85.1 Å². The maximum Gasteiger partial charge on any atom is 0.165 e. The fourth-order valence-corrected chi connectivity index (χ4v) is 6.42. The fraction of sp³-hybridized carbons (Fsp3) is 0.294. The van der Waals surface area contributed by atoms with Crippen molar-refractivity contribution in [1.29, 1.82) is 5.26 Å². The Balaban J connectivity index is 1.16. The van der Waals surface area contributed by atoms with Crippen molar-refractivity contribution in [3.63, 3.8) is 0 Å². The number of nitriles is 1. The number of imidazole rings is 1. The highest BCUT2D eigenvalue weighted by Gasteiger charge is 2.31. The number of hydrogen-bond donors (Lipinski definition) is 1. The fourth-order valence-electron chi connectivity index (χ4n) is 6.42.